The highest BCUT2D eigenvalue weighted by Crippen LogP contribution is 2.42. The number of pyridine rings is 1. The third kappa shape index (κ3) is 4.07. The zero-order chi connectivity index (χ0) is 29.8. The van der Waals surface area contributed by atoms with Gasteiger partial charge in [0.2, 0.25) is 0 Å². The minimum Gasteiger partial charge on any atom is -0.245 e. The first-order valence-corrected chi connectivity index (χ1v) is 10.1. The number of aromatic nitrogens is 1. The lowest BCUT2D eigenvalue weighted by molar-refractivity contribution is 0.410. The molecule has 0 fully saturated rings. The normalized spacial score (nSPS) is 10.9. The Morgan fingerprint density at radius 3 is 1.05 bits per heavy atom. The average molecular weight is 573 g/mol. The second-order valence-electron chi connectivity index (χ2n) is 7.70. The monoisotopic (exact) mass is 573 g/mol. The van der Waals surface area contributed by atoms with Gasteiger partial charge in [0.25, 0.3) is 0 Å². The van der Waals surface area contributed by atoms with Crippen LogP contribution in [0.2, 0.25) is 0 Å². The molecule has 15 heteroatoms. The predicted octanol–water partition coefficient (Wildman–Crippen LogP) is 7.50. The molecule has 0 aliphatic carbocycles. The van der Waals surface area contributed by atoms with Crippen LogP contribution in [-0.2, 0) is 0 Å². The highest BCUT2D eigenvalue weighted by Gasteiger charge is 2.32. The van der Waals surface area contributed by atoms with Crippen LogP contribution in [0, 0.1) is 92.5 Å². The van der Waals surface area contributed by atoms with E-state index in [2.05, 4.69) is 4.98 Å². The Labute approximate surface area is 213 Å². The van der Waals surface area contributed by atoms with Gasteiger partial charge in [0, 0.05) is 22.3 Å². The summed E-state index contributed by atoms with van der Waals surface area (Å²) in [6.45, 7) is 0. The summed E-state index contributed by atoms with van der Waals surface area (Å²) in [6, 6.07) is 2.05. The minimum atomic E-state index is -2.52. The molecule has 202 valence electrons. The van der Waals surface area contributed by atoms with Gasteiger partial charge in [-0.25, -0.2) is 57.7 Å². The maximum atomic E-state index is 14.8. The zero-order valence-corrected chi connectivity index (χ0v) is 18.6. The number of halogens is 12. The quantitative estimate of drug-likeness (QED) is 0.145. The molecule has 0 radical (unpaired) electrons. The van der Waals surface area contributed by atoms with Crippen molar-refractivity contribution in [3.05, 3.63) is 99.1 Å². The molecule has 3 aromatic carbocycles. The van der Waals surface area contributed by atoms with Crippen LogP contribution in [0.4, 0.5) is 52.7 Å². The van der Waals surface area contributed by atoms with Gasteiger partial charge in [-0.2, -0.15) is 10.5 Å². The Hall–Kier alpha value is -5.05. The van der Waals surface area contributed by atoms with Crippen LogP contribution >= 0.6 is 0 Å². The number of hydrogen-bond donors (Lipinski definition) is 0. The molecule has 0 aliphatic rings. The van der Waals surface area contributed by atoms with E-state index >= 15 is 0 Å². The first-order chi connectivity index (χ1) is 18.8. The molecule has 0 aliphatic heterocycles. The van der Waals surface area contributed by atoms with Gasteiger partial charge in [-0.15, -0.1) is 0 Å². The van der Waals surface area contributed by atoms with Crippen molar-refractivity contribution in [1.29, 1.82) is 10.5 Å². The summed E-state index contributed by atoms with van der Waals surface area (Å²) in [5, 5.41) is 19.5. The van der Waals surface area contributed by atoms with E-state index in [9.17, 15) is 63.2 Å². The molecule has 0 saturated carbocycles. The summed E-state index contributed by atoms with van der Waals surface area (Å²) >= 11 is 0. The van der Waals surface area contributed by atoms with E-state index in [1.807, 2.05) is 0 Å². The molecule has 0 N–H and O–H groups in total. The third-order valence-corrected chi connectivity index (χ3v) is 5.51. The molecule has 40 heavy (non-hydrogen) atoms. The molecule has 0 spiro atoms. The van der Waals surface area contributed by atoms with Crippen LogP contribution in [0.15, 0.2) is 18.2 Å². The number of benzene rings is 3. The van der Waals surface area contributed by atoms with Gasteiger partial charge >= 0.3 is 0 Å². The van der Waals surface area contributed by atoms with E-state index in [0.717, 1.165) is 0 Å². The van der Waals surface area contributed by atoms with Crippen molar-refractivity contribution >= 4 is 0 Å². The standard InChI is InChI=1S/C25H3F12N3/c26-11-1-6(15(29)21(35)18(11)32)14-9(4-38)24(7-2-12(27)19(33)22(36)16(7)30)40-25(10(14)5-39)8-3-13(28)20(34)23(37)17(8)31/h1-3H. The van der Waals surface area contributed by atoms with Gasteiger partial charge in [0.05, 0.1) is 22.5 Å². The first-order valence-electron chi connectivity index (χ1n) is 10.1. The Bertz CT molecular complexity index is 1760. The highest BCUT2D eigenvalue weighted by atomic mass is 19.2. The Morgan fingerprint density at radius 1 is 0.425 bits per heavy atom. The maximum Gasteiger partial charge on any atom is 0.198 e. The predicted molar refractivity (Wildman–Crippen MR) is 109 cm³/mol. The van der Waals surface area contributed by atoms with Crippen molar-refractivity contribution in [3.8, 4) is 45.8 Å². The maximum absolute atomic E-state index is 14.8. The van der Waals surface area contributed by atoms with Gasteiger partial charge in [0.15, 0.2) is 69.8 Å². The molecule has 1 heterocycles. The topological polar surface area (TPSA) is 60.5 Å². The van der Waals surface area contributed by atoms with Crippen molar-refractivity contribution in [2.45, 2.75) is 0 Å². The SMILES string of the molecule is N#Cc1c(-c2cc(F)c(F)c(F)c2F)nc(-c2cc(F)c(F)c(F)c2F)c(C#N)c1-c1cc(F)c(F)c(F)c1F. The molecular formula is C25H3F12N3. The molecule has 0 amide bonds. The fourth-order valence-corrected chi connectivity index (χ4v) is 3.71. The van der Waals surface area contributed by atoms with E-state index in [1.54, 1.807) is 0 Å². The molecule has 4 aromatic rings. The molecule has 0 atom stereocenters. The summed E-state index contributed by atoms with van der Waals surface area (Å²) in [6.07, 6.45) is 0. The first kappa shape index (κ1) is 28.0. The van der Waals surface area contributed by atoms with Crippen molar-refractivity contribution < 1.29 is 52.7 Å². The van der Waals surface area contributed by atoms with Crippen molar-refractivity contribution in [2.75, 3.05) is 0 Å². The fourth-order valence-electron chi connectivity index (χ4n) is 3.71. The van der Waals surface area contributed by atoms with Crippen LogP contribution in [0.25, 0.3) is 33.6 Å². The van der Waals surface area contributed by atoms with Crippen LogP contribution in [0.3, 0.4) is 0 Å². The van der Waals surface area contributed by atoms with E-state index in [-0.39, 0.29) is 18.2 Å². The Kier molecular flexibility index (Phi) is 6.94. The molecule has 1 aromatic heterocycles. The summed E-state index contributed by atoms with van der Waals surface area (Å²) in [4.78, 5) is 3.46. The summed E-state index contributed by atoms with van der Waals surface area (Å²) in [5.74, 6) is -27.8. The molecule has 0 saturated heterocycles. The van der Waals surface area contributed by atoms with Gasteiger partial charge in [-0.3, -0.25) is 0 Å². The largest absolute Gasteiger partial charge is 0.245 e. The second kappa shape index (κ2) is 9.92. The molecule has 4 rings (SSSR count). The lowest BCUT2D eigenvalue weighted by Crippen LogP contribution is -2.09. The van der Waals surface area contributed by atoms with E-state index in [0.29, 0.717) is 0 Å². The van der Waals surface area contributed by atoms with Gasteiger partial charge in [0.1, 0.15) is 12.1 Å². The number of nitriles is 2. The molecule has 0 unspecified atom stereocenters. The van der Waals surface area contributed by atoms with Crippen molar-refractivity contribution in [2.24, 2.45) is 0 Å². The van der Waals surface area contributed by atoms with Gasteiger partial charge in [-0.1, -0.05) is 0 Å². The zero-order valence-electron chi connectivity index (χ0n) is 18.6. The second-order valence-corrected chi connectivity index (χ2v) is 7.70. The van der Waals surface area contributed by atoms with Crippen LogP contribution in [-0.4, -0.2) is 4.98 Å². The van der Waals surface area contributed by atoms with Crippen molar-refractivity contribution in [3.63, 3.8) is 0 Å². The van der Waals surface area contributed by atoms with Crippen molar-refractivity contribution in [1.82, 2.24) is 4.98 Å². The van der Waals surface area contributed by atoms with Gasteiger partial charge in [-0.05, 0) is 18.2 Å². The number of hydrogen-bond acceptors (Lipinski definition) is 3. The smallest absolute Gasteiger partial charge is 0.198 e. The van der Waals surface area contributed by atoms with Crippen LogP contribution < -0.4 is 0 Å². The lowest BCUT2D eigenvalue weighted by Gasteiger charge is -2.18. The fraction of sp³-hybridized carbons (Fsp3) is 0. The van der Waals surface area contributed by atoms with E-state index in [1.165, 1.54) is 12.1 Å². The number of nitrogens with zero attached hydrogens (tertiary/aromatic N) is 3. The summed E-state index contributed by atoms with van der Waals surface area (Å²) in [5.41, 5.74) is -11.2. The molecular weight excluding hydrogens is 570 g/mol. The van der Waals surface area contributed by atoms with Crippen LogP contribution in [0.5, 0.6) is 0 Å². The Balaban J connectivity index is 2.33. The Morgan fingerprint density at radius 2 is 0.725 bits per heavy atom. The van der Waals surface area contributed by atoms with Crippen LogP contribution in [0.1, 0.15) is 11.1 Å². The average Bonchev–Trinajstić information content (AvgIpc) is 2.94. The lowest BCUT2D eigenvalue weighted by atomic mass is 9.88. The van der Waals surface area contributed by atoms with E-state index < -0.39 is 115 Å². The van der Waals surface area contributed by atoms with Gasteiger partial charge < -0.3 is 0 Å². The third-order valence-electron chi connectivity index (χ3n) is 5.51. The molecule has 3 nitrogen and oxygen atoms in total. The summed E-state index contributed by atoms with van der Waals surface area (Å²) < 4.78 is 169. The summed E-state index contributed by atoms with van der Waals surface area (Å²) in [7, 11) is 0. The number of rotatable bonds is 3. The van der Waals surface area contributed by atoms with E-state index in [4.69, 9.17) is 0 Å². The highest BCUT2D eigenvalue weighted by molar-refractivity contribution is 5.89. The molecule has 0 bridgehead atoms. The minimum absolute atomic E-state index is 0.110.